The van der Waals surface area contributed by atoms with Gasteiger partial charge in [0, 0.05) is 29.8 Å². The topological polar surface area (TPSA) is 35.5 Å². The van der Waals surface area contributed by atoms with Crippen LogP contribution in [0.1, 0.15) is 25.3 Å². The molecule has 3 nitrogen and oxygen atoms in total. The van der Waals surface area contributed by atoms with Crippen LogP contribution >= 0.6 is 15.9 Å². The van der Waals surface area contributed by atoms with Crippen LogP contribution in [0.2, 0.25) is 0 Å². The number of halogens is 1. The number of rotatable bonds is 3. The molecule has 1 aromatic carbocycles. The van der Waals surface area contributed by atoms with E-state index in [4.69, 9.17) is 0 Å². The molecule has 0 aromatic heterocycles. The third kappa shape index (κ3) is 3.25. The van der Waals surface area contributed by atoms with E-state index in [-0.39, 0.29) is 0 Å². The Bertz CT molecular complexity index is 410. The predicted octanol–water partition coefficient (Wildman–Crippen LogP) is 2.52. The maximum Gasteiger partial charge on any atom is 0.0653 e. The number of hydrogen-bond donors (Lipinski definition) is 2. The van der Waals surface area contributed by atoms with Crippen molar-refractivity contribution in [2.75, 3.05) is 25.0 Å². The summed E-state index contributed by atoms with van der Waals surface area (Å²) >= 11 is 3.54. The van der Waals surface area contributed by atoms with Crippen LogP contribution in [0.5, 0.6) is 0 Å². The molecule has 18 heavy (non-hydrogen) atoms. The smallest absolute Gasteiger partial charge is 0.0653 e. The van der Waals surface area contributed by atoms with Gasteiger partial charge in [0.2, 0.25) is 0 Å². The second-order valence-corrected chi connectivity index (χ2v) is 6.20. The fourth-order valence-corrected chi connectivity index (χ4v) is 2.75. The number of anilines is 1. The third-order valence-electron chi connectivity index (χ3n) is 3.60. The molecule has 1 saturated heterocycles. The maximum atomic E-state index is 10.0. The molecule has 1 aliphatic heterocycles. The molecule has 1 aromatic rings. The SMILES string of the molecule is CNCc1ccc(Br)cc1N1CCC(C)(O)CC1. The number of aliphatic hydroxyl groups is 1. The molecule has 1 aliphatic rings. The highest BCUT2D eigenvalue weighted by Gasteiger charge is 2.28. The maximum absolute atomic E-state index is 10.0. The van der Waals surface area contributed by atoms with Gasteiger partial charge in [0.15, 0.2) is 0 Å². The van der Waals surface area contributed by atoms with Crippen molar-refractivity contribution in [1.29, 1.82) is 0 Å². The summed E-state index contributed by atoms with van der Waals surface area (Å²) in [6.07, 6.45) is 1.66. The summed E-state index contributed by atoms with van der Waals surface area (Å²) in [6.45, 7) is 4.63. The van der Waals surface area contributed by atoms with Gasteiger partial charge in [0.05, 0.1) is 5.60 Å². The Balaban J connectivity index is 2.19. The summed E-state index contributed by atoms with van der Waals surface area (Å²) in [4.78, 5) is 2.37. The van der Waals surface area contributed by atoms with Crippen molar-refractivity contribution in [3.05, 3.63) is 28.2 Å². The molecule has 0 saturated carbocycles. The Labute approximate surface area is 117 Å². The Morgan fingerprint density at radius 2 is 2.06 bits per heavy atom. The van der Waals surface area contributed by atoms with Gasteiger partial charge in [-0.1, -0.05) is 22.0 Å². The zero-order valence-electron chi connectivity index (χ0n) is 11.0. The molecule has 0 bridgehead atoms. The first-order valence-corrected chi connectivity index (χ1v) is 7.21. The number of nitrogens with zero attached hydrogens (tertiary/aromatic N) is 1. The average Bonchev–Trinajstić information content (AvgIpc) is 2.32. The molecule has 0 amide bonds. The average molecular weight is 313 g/mol. The van der Waals surface area contributed by atoms with Gasteiger partial charge in [-0.3, -0.25) is 0 Å². The van der Waals surface area contributed by atoms with Gasteiger partial charge in [0.1, 0.15) is 0 Å². The van der Waals surface area contributed by atoms with E-state index in [2.05, 4.69) is 44.3 Å². The first-order valence-electron chi connectivity index (χ1n) is 6.42. The molecule has 4 heteroatoms. The van der Waals surface area contributed by atoms with Crippen molar-refractivity contribution < 1.29 is 5.11 Å². The fourth-order valence-electron chi connectivity index (χ4n) is 2.40. The van der Waals surface area contributed by atoms with E-state index in [1.807, 2.05) is 14.0 Å². The van der Waals surface area contributed by atoms with Crippen molar-refractivity contribution >= 4 is 21.6 Å². The minimum atomic E-state index is -0.494. The summed E-state index contributed by atoms with van der Waals surface area (Å²) in [5, 5.41) is 13.2. The van der Waals surface area contributed by atoms with E-state index >= 15 is 0 Å². The van der Waals surface area contributed by atoms with Crippen LogP contribution in [-0.4, -0.2) is 30.8 Å². The van der Waals surface area contributed by atoms with Crippen LogP contribution in [0.4, 0.5) is 5.69 Å². The van der Waals surface area contributed by atoms with E-state index < -0.39 is 5.60 Å². The highest BCUT2D eigenvalue weighted by atomic mass is 79.9. The quantitative estimate of drug-likeness (QED) is 0.900. The first-order chi connectivity index (χ1) is 8.52. The van der Waals surface area contributed by atoms with Crippen molar-refractivity contribution in [2.24, 2.45) is 0 Å². The first kappa shape index (κ1) is 13.8. The van der Waals surface area contributed by atoms with E-state index in [0.29, 0.717) is 0 Å². The molecule has 0 aliphatic carbocycles. The second-order valence-electron chi connectivity index (χ2n) is 5.29. The van der Waals surface area contributed by atoms with Gasteiger partial charge >= 0.3 is 0 Å². The van der Waals surface area contributed by atoms with Crippen LogP contribution < -0.4 is 10.2 Å². The minimum Gasteiger partial charge on any atom is -0.390 e. The minimum absolute atomic E-state index is 0.494. The lowest BCUT2D eigenvalue weighted by Crippen LogP contribution is -2.42. The van der Waals surface area contributed by atoms with Gasteiger partial charge in [-0.15, -0.1) is 0 Å². The second kappa shape index (κ2) is 5.59. The van der Waals surface area contributed by atoms with Gasteiger partial charge in [0.25, 0.3) is 0 Å². The Morgan fingerprint density at radius 1 is 1.39 bits per heavy atom. The lowest BCUT2D eigenvalue weighted by Gasteiger charge is -2.38. The summed E-state index contributed by atoms with van der Waals surface area (Å²) in [5.41, 5.74) is 2.09. The van der Waals surface area contributed by atoms with Gasteiger partial charge in [-0.2, -0.15) is 0 Å². The van der Waals surface area contributed by atoms with E-state index in [9.17, 15) is 5.11 Å². The molecule has 100 valence electrons. The summed E-state index contributed by atoms with van der Waals surface area (Å²) in [6, 6.07) is 6.41. The molecule has 0 unspecified atom stereocenters. The lowest BCUT2D eigenvalue weighted by molar-refractivity contribution is 0.0351. The van der Waals surface area contributed by atoms with Crippen molar-refractivity contribution in [1.82, 2.24) is 5.32 Å². The molecule has 1 heterocycles. The fraction of sp³-hybridized carbons (Fsp3) is 0.571. The zero-order chi connectivity index (χ0) is 13.2. The largest absolute Gasteiger partial charge is 0.390 e. The van der Waals surface area contributed by atoms with Crippen LogP contribution in [0, 0.1) is 0 Å². The molecule has 0 spiro atoms. The van der Waals surface area contributed by atoms with Gasteiger partial charge < -0.3 is 15.3 Å². The van der Waals surface area contributed by atoms with Crippen molar-refractivity contribution in [2.45, 2.75) is 31.9 Å². The molecule has 1 fully saturated rings. The molecular weight excluding hydrogens is 292 g/mol. The van der Waals surface area contributed by atoms with Gasteiger partial charge in [-0.25, -0.2) is 0 Å². The summed E-state index contributed by atoms with van der Waals surface area (Å²) in [7, 11) is 1.97. The zero-order valence-corrected chi connectivity index (χ0v) is 12.6. The number of nitrogens with one attached hydrogen (secondary N) is 1. The van der Waals surface area contributed by atoms with E-state index in [1.165, 1.54) is 11.3 Å². The molecule has 0 radical (unpaired) electrons. The molecule has 2 rings (SSSR count). The highest BCUT2D eigenvalue weighted by Crippen LogP contribution is 2.30. The van der Waals surface area contributed by atoms with Crippen molar-refractivity contribution in [3.8, 4) is 0 Å². The summed E-state index contributed by atoms with van der Waals surface area (Å²) in [5.74, 6) is 0. The third-order valence-corrected chi connectivity index (χ3v) is 4.09. The van der Waals surface area contributed by atoms with Crippen LogP contribution in [0.3, 0.4) is 0 Å². The highest BCUT2D eigenvalue weighted by molar-refractivity contribution is 9.10. The van der Waals surface area contributed by atoms with E-state index in [1.54, 1.807) is 0 Å². The normalized spacial score (nSPS) is 19.0. The van der Waals surface area contributed by atoms with Crippen LogP contribution in [0.15, 0.2) is 22.7 Å². The monoisotopic (exact) mass is 312 g/mol. The summed E-state index contributed by atoms with van der Waals surface area (Å²) < 4.78 is 1.11. The van der Waals surface area contributed by atoms with E-state index in [0.717, 1.165) is 36.9 Å². The molecule has 2 N–H and O–H groups in total. The van der Waals surface area contributed by atoms with Crippen LogP contribution in [-0.2, 0) is 6.54 Å². The lowest BCUT2D eigenvalue weighted by atomic mass is 9.93. The Morgan fingerprint density at radius 3 is 2.67 bits per heavy atom. The standard InChI is InChI=1S/C14H21BrN2O/c1-14(18)5-7-17(8-6-14)13-9-12(15)4-3-11(13)10-16-2/h3-4,9,16,18H,5-8,10H2,1-2H3. The number of benzene rings is 1. The predicted molar refractivity (Wildman–Crippen MR) is 79.0 cm³/mol. The van der Waals surface area contributed by atoms with Gasteiger partial charge in [-0.05, 0) is 44.5 Å². The number of piperidine rings is 1. The molecular formula is C14H21BrN2O. The number of hydrogen-bond acceptors (Lipinski definition) is 3. The molecule has 0 atom stereocenters. The van der Waals surface area contributed by atoms with Crippen LogP contribution in [0.25, 0.3) is 0 Å². The Kier molecular flexibility index (Phi) is 4.30. The van der Waals surface area contributed by atoms with Crippen molar-refractivity contribution in [3.63, 3.8) is 0 Å². The Hall–Kier alpha value is -0.580.